The largest absolute Gasteiger partial charge is 0.493 e. The van der Waals surface area contributed by atoms with Crippen molar-refractivity contribution in [2.45, 2.75) is 19.4 Å². The predicted molar refractivity (Wildman–Crippen MR) is 102 cm³/mol. The lowest BCUT2D eigenvalue weighted by Crippen LogP contribution is -2.30. The van der Waals surface area contributed by atoms with Crippen LogP contribution in [0.5, 0.6) is 11.5 Å². The van der Waals surface area contributed by atoms with Gasteiger partial charge in [-0.3, -0.25) is 14.5 Å². The van der Waals surface area contributed by atoms with E-state index in [1.165, 1.54) is 16.2 Å². The second-order valence-electron chi connectivity index (χ2n) is 6.63. The van der Waals surface area contributed by atoms with E-state index in [0.717, 1.165) is 16.3 Å². The zero-order valence-electron chi connectivity index (χ0n) is 15.2. The molecule has 2 unspecified atom stereocenters. The van der Waals surface area contributed by atoms with Crippen LogP contribution >= 0.6 is 11.3 Å². The van der Waals surface area contributed by atoms with Gasteiger partial charge in [0.25, 0.3) is 0 Å². The van der Waals surface area contributed by atoms with Crippen molar-refractivity contribution in [1.29, 1.82) is 0 Å². The van der Waals surface area contributed by atoms with Crippen molar-refractivity contribution in [3.63, 3.8) is 0 Å². The summed E-state index contributed by atoms with van der Waals surface area (Å²) in [6.45, 7) is 0.231. The van der Waals surface area contributed by atoms with Crippen molar-refractivity contribution >= 4 is 23.2 Å². The Morgan fingerprint density at radius 2 is 1.74 bits per heavy atom. The van der Waals surface area contributed by atoms with Gasteiger partial charge in [-0.2, -0.15) is 0 Å². The Hall–Kier alpha value is -2.67. The van der Waals surface area contributed by atoms with E-state index >= 15 is 0 Å². The molecule has 2 amide bonds. The van der Waals surface area contributed by atoms with Crippen LogP contribution in [-0.2, 0) is 16.1 Å². The Labute approximate surface area is 161 Å². The smallest absolute Gasteiger partial charge is 0.233 e. The van der Waals surface area contributed by atoms with E-state index in [1.54, 1.807) is 14.2 Å². The van der Waals surface area contributed by atoms with Gasteiger partial charge >= 0.3 is 0 Å². The average molecular weight is 384 g/mol. The van der Waals surface area contributed by atoms with Crippen molar-refractivity contribution in [3.05, 3.63) is 41.4 Å². The number of hydrogen-bond acceptors (Lipinski definition) is 6. The maximum atomic E-state index is 12.6. The molecule has 2 heterocycles. The van der Waals surface area contributed by atoms with Crippen molar-refractivity contribution in [1.82, 2.24) is 9.88 Å². The molecule has 1 aliphatic heterocycles. The fraction of sp³-hybridized carbons (Fsp3) is 0.350. The molecule has 1 saturated heterocycles. The number of amides is 2. The van der Waals surface area contributed by atoms with Gasteiger partial charge in [-0.25, -0.2) is 4.98 Å². The molecule has 1 aliphatic carbocycles. The normalized spacial score (nSPS) is 21.5. The first-order valence-corrected chi connectivity index (χ1v) is 9.67. The van der Waals surface area contributed by atoms with E-state index < -0.39 is 0 Å². The fourth-order valence-electron chi connectivity index (χ4n) is 3.67. The highest BCUT2D eigenvalue weighted by molar-refractivity contribution is 7.13. The molecule has 0 N–H and O–H groups in total. The first kappa shape index (κ1) is 17.7. The van der Waals surface area contributed by atoms with E-state index in [-0.39, 0.29) is 30.2 Å². The van der Waals surface area contributed by atoms with Gasteiger partial charge in [-0.05, 0) is 31.0 Å². The first-order chi connectivity index (χ1) is 13.1. The van der Waals surface area contributed by atoms with Crippen molar-refractivity contribution in [3.8, 4) is 22.1 Å². The van der Waals surface area contributed by atoms with Gasteiger partial charge in [-0.1, -0.05) is 12.2 Å². The average Bonchev–Trinajstić information content (AvgIpc) is 3.27. The summed E-state index contributed by atoms with van der Waals surface area (Å²) in [5.41, 5.74) is 1.62. The summed E-state index contributed by atoms with van der Waals surface area (Å²) in [6, 6.07) is 5.62. The van der Waals surface area contributed by atoms with Gasteiger partial charge in [-0.15, -0.1) is 11.3 Å². The van der Waals surface area contributed by atoms with Crippen LogP contribution in [-0.4, -0.2) is 35.9 Å². The third-order valence-electron chi connectivity index (χ3n) is 5.10. The number of nitrogens with zero attached hydrogens (tertiary/aromatic N) is 2. The molecule has 7 heteroatoms. The highest BCUT2D eigenvalue weighted by Gasteiger charge is 2.47. The maximum Gasteiger partial charge on any atom is 0.233 e. The molecule has 27 heavy (non-hydrogen) atoms. The number of rotatable bonds is 5. The van der Waals surface area contributed by atoms with Crippen molar-refractivity contribution in [2.75, 3.05) is 14.2 Å². The third-order valence-corrected chi connectivity index (χ3v) is 6.04. The molecule has 1 fully saturated rings. The minimum atomic E-state index is -0.202. The van der Waals surface area contributed by atoms with Gasteiger partial charge in [0.2, 0.25) is 11.8 Å². The van der Waals surface area contributed by atoms with Crippen LogP contribution < -0.4 is 9.47 Å². The minimum absolute atomic E-state index is 0.0741. The number of imide groups is 1. The Morgan fingerprint density at radius 3 is 2.37 bits per heavy atom. The number of hydrogen-bond donors (Lipinski definition) is 0. The number of allylic oxidation sites excluding steroid dienone is 2. The van der Waals surface area contributed by atoms with Crippen LogP contribution in [0.25, 0.3) is 10.6 Å². The Kier molecular flexibility index (Phi) is 4.70. The molecule has 2 atom stereocenters. The fourth-order valence-corrected chi connectivity index (χ4v) is 4.48. The number of thiazole rings is 1. The Balaban J connectivity index is 1.54. The lowest BCUT2D eigenvalue weighted by Gasteiger charge is -2.14. The minimum Gasteiger partial charge on any atom is -0.493 e. The summed E-state index contributed by atoms with van der Waals surface area (Å²) >= 11 is 1.48. The maximum absolute atomic E-state index is 12.6. The van der Waals surface area contributed by atoms with E-state index in [4.69, 9.17) is 9.47 Å². The third kappa shape index (κ3) is 3.12. The van der Waals surface area contributed by atoms with Crippen LogP contribution in [0, 0.1) is 11.8 Å². The molecular weight excluding hydrogens is 364 g/mol. The summed E-state index contributed by atoms with van der Waals surface area (Å²) in [4.78, 5) is 31.2. The van der Waals surface area contributed by atoms with Crippen LogP contribution in [0.2, 0.25) is 0 Å². The van der Waals surface area contributed by atoms with Gasteiger partial charge < -0.3 is 9.47 Å². The standard InChI is InChI=1S/C20H20N2O4S/c1-25-16-8-7-12(9-17(16)26-2)18-21-13(11-27-18)10-22-19(23)14-5-3-4-6-15(14)20(22)24/h3-4,7-9,11,14-15H,5-6,10H2,1-2H3. The highest BCUT2D eigenvalue weighted by atomic mass is 32.1. The molecule has 0 bridgehead atoms. The predicted octanol–water partition coefficient (Wildman–Crippen LogP) is 3.28. The number of aromatic nitrogens is 1. The summed E-state index contributed by atoms with van der Waals surface area (Å²) in [5.74, 6) is 0.735. The van der Waals surface area contributed by atoms with Gasteiger partial charge in [0.15, 0.2) is 11.5 Å². The molecule has 0 radical (unpaired) electrons. The van der Waals surface area contributed by atoms with Crippen LogP contribution in [0.3, 0.4) is 0 Å². The molecule has 2 aliphatic rings. The van der Waals surface area contributed by atoms with Crippen LogP contribution in [0.4, 0.5) is 0 Å². The van der Waals surface area contributed by atoms with Crippen LogP contribution in [0.15, 0.2) is 35.7 Å². The molecular formula is C20H20N2O4S. The summed E-state index contributed by atoms with van der Waals surface area (Å²) in [5, 5.41) is 2.71. The van der Waals surface area contributed by atoms with Crippen molar-refractivity contribution < 1.29 is 19.1 Å². The molecule has 1 aromatic heterocycles. The summed E-state index contributed by atoms with van der Waals surface area (Å²) in [7, 11) is 3.18. The Morgan fingerprint density at radius 1 is 1.07 bits per heavy atom. The number of carbonyl (C=O) groups excluding carboxylic acids is 2. The zero-order chi connectivity index (χ0) is 19.0. The van der Waals surface area contributed by atoms with E-state index in [0.29, 0.717) is 24.3 Å². The second kappa shape index (κ2) is 7.15. The highest BCUT2D eigenvalue weighted by Crippen LogP contribution is 2.37. The Bertz CT molecular complexity index is 894. The number of methoxy groups -OCH3 is 2. The van der Waals surface area contributed by atoms with Gasteiger partial charge in [0, 0.05) is 10.9 Å². The van der Waals surface area contributed by atoms with E-state index in [1.807, 2.05) is 35.7 Å². The molecule has 2 aromatic rings. The first-order valence-electron chi connectivity index (χ1n) is 8.79. The molecule has 4 rings (SSSR count). The number of ether oxygens (including phenoxy) is 2. The van der Waals surface area contributed by atoms with Gasteiger partial charge in [0.05, 0.1) is 38.3 Å². The number of likely N-dealkylation sites (tertiary alicyclic amines) is 1. The monoisotopic (exact) mass is 384 g/mol. The van der Waals surface area contributed by atoms with Gasteiger partial charge in [0.1, 0.15) is 5.01 Å². The molecule has 1 aromatic carbocycles. The molecule has 0 spiro atoms. The zero-order valence-corrected chi connectivity index (χ0v) is 16.0. The lowest BCUT2D eigenvalue weighted by atomic mass is 9.85. The molecule has 140 valence electrons. The molecule has 0 saturated carbocycles. The number of benzene rings is 1. The summed E-state index contributed by atoms with van der Waals surface area (Å²) in [6.07, 6.45) is 5.29. The number of fused-ring (bicyclic) bond motifs is 1. The lowest BCUT2D eigenvalue weighted by molar-refractivity contribution is -0.140. The topological polar surface area (TPSA) is 68.7 Å². The SMILES string of the molecule is COc1ccc(-c2nc(CN3C(=O)C4CC=CCC4C3=O)cs2)cc1OC. The second-order valence-corrected chi connectivity index (χ2v) is 7.49. The van der Waals surface area contributed by atoms with E-state index in [9.17, 15) is 9.59 Å². The van der Waals surface area contributed by atoms with Crippen molar-refractivity contribution in [2.24, 2.45) is 11.8 Å². The van der Waals surface area contributed by atoms with Crippen LogP contribution in [0.1, 0.15) is 18.5 Å². The number of carbonyl (C=O) groups is 2. The van der Waals surface area contributed by atoms with E-state index in [2.05, 4.69) is 4.98 Å². The quantitative estimate of drug-likeness (QED) is 0.585. The summed E-state index contributed by atoms with van der Waals surface area (Å²) < 4.78 is 10.6. The molecule has 6 nitrogen and oxygen atoms in total.